The summed E-state index contributed by atoms with van der Waals surface area (Å²) in [5, 5.41) is 9.75. The minimum Gasteiger partial charge on any atom is -0.389 e. The van der Waals surface area contributed by atoms with E-state index in [4.69, 9.17) is 0 Å². The van der Waals surface area contributed by atoms with Crippen molar-refractivity contribution in [3.8, 4) is 0 Å². The maximum Gasteiger partial charge on any atom is 0.0772 e. The zero-order valence-corrected chi connectivity index (χ0v) is 13.8. The smallest absolute Gasteiger partial charge is 0.0772 e. The molecule has 0 aromatic heterocycles. The van der Waals surface area contributed by atoms with Crippen molar-refractivity contribution < 1.29 is 5.11 Å². The quantitative estimate of drug-likeness (QED) is 0.848. The number of aliphatic hydroxyl groups excluding tert-OH is 1. The molecule has 0 radical (unpaired) electrons. The summed E-state index contributed by atoms with van der Waals surface area (Å²) in [5.41, 5.74) is 2.30. The van der Waals surface area contributed by atoms with Crippen LogP contribution in [0.25, 0.3) is 0 Å². The summed E-state index contributed by atoms with van der Waals surface area (Å²) in [6.45, 7) is 3.00. The number of piperidine rings is 1. The highest BCUT2D eigenvalue weighted by atomic mass is 79.9. The van der Waals surface area contributed by atoms with Gasteiger partial charge in [-0.2, -0.15) is 0 Å². The lowest BCUT2D eigenvalue weighted by molar-refractivity contribution is 0.198. The average Bonchev–Trinajstić information content (AvgIpc) is 2.46. The van der Waals surface area contributed by atoms with Crippen molar-refractivity contribution in [1.29, 1.82) is 0 Å². The fourth-order valence-corrected chi connectivity index (χ4v) is 4.68. The molecule has 2 unspecified atom stereocenters. The van der Waals surface area contributed by atoms with Gasteiger partial charge in [0.15, 0.2) is 0 Å². The van der Waals surface area contributed by atoms with Crippen molar-refractivity contribution in [2.45, 2.75) is 57.6 Å². The highest BCUT2D eigenvalue weighted by Crippen LogP contribution is 2.39. The van der Waals surface area contributed by atoms with Crippen LogP contribution in [0.15, 0.2) is 22.7 Å². The second-order valence-corrected chi connectivity index (χ2v) is 7.18. The molecule has 3 rings (SSSR count). The zero-order chi connectivity index (χ0) is 14.1. The first-order chi connectivity index (χ1) is 9.66. The van der Waals surface area contributed by atoms with Gasteiger partial charge in [-0.3, -0.25) is 0 Å². The van der Waals surface area contributed by atoms with Crippen LogP contribution in [-0.4, -0.2) is 17.7 Å². The van der Waals surface area contributed by atoms with Gasteiger partial charge in [-0.25, -0.2) is 0 Å². The van der Waals surface area contributed by atoms with Crippen LogP contribution in [0.3, 0.4) is 0 Å². The molecule has 1 aliphatic heterocycles. The number of rotatable bonds is 2. The van der Waals surface area contributed by atoms with Crippen molar-refractivity contribution in [1.82, 2.24) is 0 Å². The molecule has 3 heteroatoms. The van der Waals surface area contributed by atoms with E-state index in [1.165, 1.54) is 50.8 Å². The summed E-state index contributed by atoms with van der Waals surface area (Å²) in [6.07, 6.45) is 7.87. The Hall–Kier alpha value is -0.540. The predicted octanol–water partition coefficient (Wildman–Crippen LogP) is 4.66. The Morgan fingerprint density at radius 2 is 1.95 bits per heavy atom. The van der Waals surface area contributed by atoms with Gasteiger partial charge >= 0.3 is 0 Å². The highest BCUT2D eigenvalue weighted by Gasteiger charge is 2.33. The Morgan fingerprint density at radius 1 is 1.20 bits per heavy atom. The van der Waals surface area contributed by atoms with Crippen molar-refractivity contribution in [3.05, 3.63) is 28.2 Å². The zero-order valence-electron chi connectivity index (χ0n) is 12.2. The second kappa shape index (κ2) is 6.07. The van der Waals surface area contributed by atoms with Gasteiger partial charge in [-0.05, 0) is 56.2 Å². The molecule has 1 aliphatic carbocycles. The van der Waals surface area contributed by atoms with Gasteiger partial charge in [0.25, 0.3) is 0 Å². The molecular formula is C17H24BrNO. The molecule has 3 atom stereocenters. The van der Waals surface area contributed by atoms with Gasteiger partial charge in [0.1, 0.15) is 0 Å². The van der Waals surface area contributed by atoms with Gasteiger partial charge in [0.05, 0.1) is 6.10 Å². The monoisotopic (exact) mass is 337 g/mol. The Kier molecular flexibility index (Phi) is 4.37. The van der Waals surface area contributed by atoms with Gasteiger partial charge < -0.3 is 10.0 Å². The van der Waals surface area contributed by atoms with E-state index in [1.807, 2.05) is 6.92 Å². The number of benzene rings is 1. The number of anilines is 1. The summed E-state index contributed by atoms with van der Waals surface area (Å²) in [7, 11) is 0. The number of halogens is 1. The van der Waals surface area contributed by atoms with Crippen LogP contribution in [0, 0.1) is 5.92 Å². The van der Waals surface area contributed by atoms with Crippen LogP contribution in [0.1, 0.15) is 57.1 Å². The third kappa shape index (κ3) is 2.75. The molecule has 2 fully saturated rings. The Balaban J connectivity index is 1.85. The average molecular weight is 338 g/mol. The molecule has 1 saturated heterocycles. The molecule has 20 heavy (non-hydrogen) atoms. The van der Waals surface area contributed by atoms with Crippen molar-refractivity contribution in [2.75, 3.05) is 11.4 Å². The molecule has 0 spiro atoms. The fraction of sp³-hybridized carbons (Fsp3) is 0.647. The first kappa shape index (κ1) is 14.4. The third-order valence-electron chi connectivity index (χ3n) is 5.01. The van der Waals surface area contributed by atoms with E-state index in [-0.39, 0.29) is 0 Å². The standard InChI is InChI=1S/C17H24BrNO/c1-12(20)15-9-8-14(11-16(15)18)19-10-4-6-13-5-2-3-7-17(13)19/h8-9,11-13,17,20H,2-7,10H2,1H3/t12-,13?,17?/m0/s1. The SMILES string of the molecule is C[C@H](O)c1ccc(N2CCCC3CCCCC32)cc1Br. The molecular weight excluding hydrogens is 314 g/mol. The predicted molar refractivity (Wildman–Crippen MR) is 87.1 cm³/mol. The fourth-order valence-electron chi connectivity index (χ4n) is 3.98. The minimum absolute atomic E-state index is 0.415. The number of nitrogens with zero attached hydrogens (tertiary/aromatic N) is 1. The van der Waals surface area contributed by atoms with Gasteiger partial charge in [0, 0.05) is 22.7 Å². The Morgan fingerprint density at radius 3 is 2.70 bits per heavy atom. The van der Waals surface area contributed by atoms with Crippen LogP contribution in [0.4, 0.5) is 5.69 Å². The largest absolute Gasteiger partial charge is 0.389 e. The van der Waals surface area contributed by atoms with Crippen molar-refractivity contribution >= 4 is 21.6 Å². The lowest BCUT2D eigenvalue weighted by Gasteiger charge is -2.45. The number of aliphatic hydroxyl groups is 1. The third-order valence-corrected chi connectivity index (χ3v) is 5.70. The van der Waals surface area contributed by atoms with Crippen molar-refractivity contribution in [3.63, 3.8) is 0 Å². The molecule has 110 valence electrons. The number of hydrogen-bond acceptors (Lipinski definition) is 2. The molecule has 0 bridgehead atoms. The summed E-state index contributed by atoms with van der Waals surface area (Å²) in [6, 6.07) is 7.18. The molecule has 2 nitrogen and oxygen atoms in total. The van der Waals surface area contributed by atoms with E-state index in [9.17, 15) is 5.11 Å². The Labute approximate surface area is 130 Å². The first-order valence-corrected chi connectivity index (χ1v) is 8.70. The van der Waals surface area contributed by atoms with E-state index in [1.54, 1.807) is 0 Å². The number of fused-ring (bicyclic) bond motifs is 1. The number of hydrogen-bond donors (Lipinski definition) is 1. The van der Waals surface area contributed by atoms with Crippen LogP contribution in [0.2, 0.25) is 0 Å². The van der Waals surface area contributed by atoms with E-state index in [0.717, 1.165) is 22.0 Å². The maximum atomic E-state index is 9.75. The van der Waals surface area contributed by atoms with Crippen molar-refractivity contribution in [2.24, 2.45) is 5.92 Å². The highest BCUT2D eigenvalue weighted by molar-refractivity contribution is 9.10. The second-order valence-electron chi connectivity index (χ2n) is 6.33. The summed E-state index contributed by atoms with van der Waals surface area (Å²) >= 11 is 3.62. The van der Waals surface area contributed by atoms with Crippen LogP contribution in [-0.2, 0) is 0 Å². The molecule has 1 aromatic rings. The Bertz CT molecular complexity index is 472. The summed E-state index contributed by atoms with van der Waals surface area (Å²) in [5.74, 6) is 0.896. The molecule has 1 heterocycles. The van der Waals surface area contributed by atoms with Crippen LogP contribution in [0.5, 0.6) is 0 Å². The minimum atomic E-state index is -0.415. The maximum absolute atomic E-state index is 9.75. The normalized spacial score (nSPS) is 28.1. The lowest BCUT2D eigenvalue weighted by atomic mass is 9.78. The van der Waals surface area contributed by atoms with Gasteiger partial charge in [-0.1, -0.05) is 34.8 Å². The summed E-state index contributed by atoms with van der Waals surface area (Å²) < 4.78 is 1.03. The first-order valence-electron chi connectivity index (χ1n) is 7.91. The molecule has 2 aliphatic rings. The molecule has 1 aromatic carbocycles. The molecule has 1 saturated carbocycles. The van der Waals surface area contributed by atoms with E-state index in [0.29, 0.717) is 0 Å². The van der Waals surface area contributed by atoms with Crippen LogP contribution >= 0.6 is 15.9 Å². The molecule has 1 N–H and O–H groups in total. The van der Waals surface area contributed by atoms with Gasteiger partial charge in [0.2, 0.25) is 0 Å². The summed E-state index contributed by atoms with van der Waals surface area (Å²) in [4.78, 5) is 2.61. The van der Waals surface area contributed by atoms with Crippen LogP contribution < -0.4 is 4.90 Å². The molecule has 0 amide bonds. The topological polar surface area (TPSA) is 23.5 Å². The van der Waals surface area contributed by atoms with E-state index in [2.05, 4.69) is 39.0 Å². The van der Waals surface area contributed by atoms with Gasteiger partial charge in [-0.15, -0.1) is 0 Å². The lowest BCUT2D eigenvalue weighted by Crippen LogP contribution is -2.46. The van der Waals surface area contributed by atoms with E-state index >= 15 is 0 Å². The van der Waals surface area contributed by atoms with E-state index < -0.39 is 6.10 Å².